The number of aryl methyl sites for hydroxylation is 3. The third-order valence-corrected chi connectivity index (χ3v) is 5.71. The van der Waals surface area contributed by atoms with E-state index in [1.165, 1.54) is 5.56 Å². The van der Waals surface area contributed by atoms with Gasteiger partial charge in [-0.2, -0.15) is 5.10 Å². The SMILES string of the molecule is Cc1cc2nc(C)c(CCC(=O)OCC(=O)N3CCc4ccccc4C3)c(C)n2n1. The summed E-state index contributed by atoms with van der Waals surface area (Å²) < 4.78 is 7.07. The standard InChI is InChI=1S/C23H26N4O3/c1-15-12-21-24-16(2)20(17(3)27(21)25-15)8-9-23(29)30-14-22(28)26-11-10-18-6-4-5-7-19(18)13-26/h4-7,12H,8-11,13-14H2,1-3H3. The van der Waals surface area contributed by atoms with Crippen LogP contribution in [0.15, 0.2) is 30.3 Å². The lowest BCUT2D eigenvalue weighted by Gasteiger charge is -2.28. The summed E-state index contributed by atoms with van der Waals surface area (Å²) in [5.74, 6) is -0.531. The van der Waals surface area contributed by atoms with Crippen molar-refractivity contribution in [2.24, 2.45) is 0 Å². The molecule has 3 heterocycles. The van der Waals surface area contributed by atoms with Crippen molar-refractivity contribution in [2.75, 3.05) is 13.2 Å². The van der Waals surface area contributed by atoms with E-state index in [-0.39, 0.29) is 24.9 Å². The number of aromatic nitrogens is 3. The quantitative estimate of drug-likeness (QED) is 0.609. The van der Waals surface area contributed by atoms with E-state index < -0.39 is 0 Å². The van der Waals surface area contributed by atoms with Gasteiger partial charge in [-0.1, -0.05) is 24.3 Å². The van der Waals surface area contributed by atoms with Gasteiger partial charge in [0.05, 0.1) is 5.69 Å². The Kier molecular flexibility index (Phi) is 5.53. The Bertz CT molecular complexity index is 1120. The number of nitrogens with zero attached hydrogens (tertiary/aromatic N) is 4. The van der Waals surface area contributed by atoms with Crippen molar-refractivity contribution in [2.45, 2.75) is 46.6 Å². The molecule has 1 aliphatic rings. The number of esters is 1. The fraction of sp³-hybridized carbons (Fsp3) is 0.391. The molecule has 7 nitrogen and oxygen atoms in total. The van der Waals surface area contributed by atoms with E-state index >= 15 is 0 Å². The van der Waals surface area contributed by atoms with Crippen molar-refractivity contribution >= 4 is 17.5 Å². The maximum Gasteiger partial charge on any atom is 0.306 e. The third kappa shape index (κ3) is 4.06. The fourth-order valence-corrected chi connectivity index (χ4v) is 4.04. The summed E-state index contributed by atoms with van der Waals surface area (Å²) in [7, 11) is 0. The fourth-order valence-electron chi connectivity index (χ4n) is 4.04. The van der Waals surface area contributed by atoms with Gasteiger partial charge in [0.15, 0.2) is 12.3 Å². The molecule has 0 saturated carbocycles. The minimum atomic E-state index is -0.378. The van der Waals surface area contributed by atoms with Crippen molar-refractivity contribution in [3.63, 3.8) is 0 Å². The Morgan fingerprint density at radius 3 is 2.70 bits per heavy atom. The van der Waals surface area contributed by atoms with Crippen LogP contribution in [0.25, 0.3) is 5.65 Å². The largest absolute Gasteiger partial charge is 0.456 e. The van der Waals surface area contributed by atoms with E-state index in [2.05, 4.69) is 16.1 Å². The number of benzene rings is 1. The summed E-state index contributed by atoms with van der Waals surface area (Å²) in [6, 6.07) is 10.1. The lowest BCUT2D eigenvalue weighted by atomic mass is 10.00. The van der Waals surface area contributed by atoms with Gasteiger partial charge in [-0.25, -0.2) is 9.50 Å². The third-order valence-electron chi connectivity index (χ3n) is 5.71. The van der Waals surface area contributed by atoms with Crippen molar-refractivity contribution in [3.8, 4) is 0 Å². The molecule has 4 rings (SSSR count). The molecule has 1 aromatic carbocycles. The summed E-state index contributed by atoms with van der Waals surface area (Å²) in [6.45, 7) is 6.86. The zero-order chi connectivity index (χ0) is 21.3. The molecule has 0 saturated heterocycles. The first-order valence-electron chi connectivity index (χ1n) is 10.2. The van der Waals surface area contributed by atoms with E-state index in [9.17, 15) is 9.59 Å². The van der Waals surface area contributed by atoms with Gasteiger partial charge in [0, 0.05) is 37.0 Å². The van der Waals surface area contributed by atoms with E-state index in [0.717, 1.165) is 40.3 Å². The van der Waals surface area contributed by atoms with Gasteiger partial charge < -0.3 is 9.64 Å². The van der Waals surface area contributed by atoms with Crippen molar-refractivity contribution in [3.05, 3.63) is 64.1 Å². The number of fused-ring (bicyclic) bond motifs is 2. The zero-order valence-corrected chi connectivity index (χ0v) is 17.6. The van der Waals surface area contributed by atoms with Crippen molar-refractivity contribution in [1.82, 2.24) is 19.5 Å². The number of amides is 1. The second-order valence-electron chi connectivity index (χ2n) is 7.81. The summed E-state index contributed by atoms with van der Waals surface area (Å²) >= 11 is 0. The molecular weight excluding hydrogens is 380 g/mol. The van der Waals surface area contributed by atoms with Gasteiger partial charge in [0.1, 0.15) is 0 Å². The molecule has 0 unspecified atom stereocenters. The average Bonchev–Trinajstić information content (AvgIpc) is 3.11. The first kappa shape index (κ1) is 20.1. The number of carbonyl (C=O) groups is 2. The van der Waals surface area contributed by atoms with Crippen LogP contribution in [0.2, 0.25) is 0 Å². The summed E-state index contributed by atoms with van der Waals surface area (Å²) in [5, 5.41) is 4.46. The normalized spacial score (nSPS) is 13.4. The summed E-state index contributed by atoms with van der Waals surface area (Å²) in [4.78, 5) is 31.1. The molecule has 0 aliphatic carbocycles. The maximum atomic E-state index is 12.5. The minimum Gasteiger partial charge on any atom is -0.456 e. The summed E-state index contributed by atoms with van der Waals surface area (Å²) in [5.41, 5.74) is 7.00. The van der Waals surface area contributed by atoms with Crippen LogP contribution in [-0.4, -0.2) is 44.5 Å². The van der Waals surface area contributed by atoms with Crippen LogP contribution in [-0.2, 0) is 33.7 Å². The highest BCUT2D eigenvalue weighted by molar-refractivity contribution is 5.81. The monoisotopic (exact) mass is 406 g/mol. The Hall–Kier alpha value is -3.22. The average molecular weight is 406 g/mol. The molecule has 1 amide bonds. The van der Waals surface area contributed by atoms with Crippen LogP contribution < -0.4 is 0 Å². The molecule has 0 spiro atoms. The number of rotatable bonds is 5. The first-order valence-corrected chi connectivity index (χ1v) is 10.2. The second kappa shape index (κ2) is 8.26. The van der Waals surface area contributed by atoms with Crippen LogP contribution in [0.4, 0.5) is 0 Å². The molecular formula is C23H26N4O3. The minimum absolute atomic E-state index is 0.152. The highest BCUT2D eigenvalue weighted by Crippen LogP contribution is 2.19. The van der Waals surface area contributed by atoms with Crippen LogP contribution in [0.1, 0.15) is 40.2 Å². The number of hydrogen-bond acceptors (Lipinski definition) is 5. The van der Waals surface area contributed by atoms with Gasteiger partial charge in [0.2, 0.25) is 0 Å². The molecule has 0 fully saturated rings. The van der Waals surface area contributed by atoms with Gasteiger partial charge in [0.25, 0.3) is 5.91 Å². The first-order chi connectivity index (χ1) is 14.4. The van der Waals surface area contributed by atoms with Gasteiger partial charge in [-0.15, -0.1) is 0 Å². The van der Waals surface area contributed by atoms with E-state index in [0.29, 0.717) is 19.5 Å². The van der Waals surface area contributed by atoms with E-state index in [1.54, 1.807) is 9.42 Å². The molecule has 1 aliphatic heterocycles. The number of carbonyl (C=O) groups excluding carboxylic acids is 2. The van der Waals surface area contributed by atoms with E-state index in [1.807, 2.05) is 45.0 Å². The Labute approximate surface area is 175 Å². The zero-order valence-electron chi connectivity index (χ0n) is 17.6. The topological polar surface area (TPSA) is 76.8 Å². The number of hydrogen-bond donors (Lipinski definition) is 0. The van der Waals surface area contributed by atoms with Gasteiger partial charge >= 0.3 is 5.97 Å². The molecule has 30 heavy (non-hydrogen) atoms. The molecule has 156 valence electrons. The summed E-state index contributed by atoms with van der Waals surface area (Å²) in [6.07, 6.45) is 1.53. The molecule has 0 bridgehead atoms. The highest BCUT2D eigenvalue weighted by Gasteiger charge is 2.21. The predicted octanol–water partition coefficient (Wildman–Crippen LogP) is 2.72. The lowest BCUT2D eigenvalue weighted by Crippen LogP contribution is -2.38. The van der Waals surface area contributed by atoms with Crippen LogP contribution in [0, 0.1) is 20.8 Å². The lowest BCUT2D eigenvalue weighted by molar-refractivity contribution is -0.152. The van der Waals surface area contributed by atoms with Crippen LogP contribution in [0.5, 0.6) is 0 Å². The van der Waals surface area contributed by atoms with Crippen LogP contribution >= 0.6 is 0 Å². The van der Waals surface area contributed by atoms with Crippen LogP contribution in [0.3, 0.4) is 0 Å². The van der Waals surface area contributed by atoms with E-state index in [4.69, 9.17) is 4.74 Å². The molecule has 7 heteroatoms. The number of ether oxygens (including phenoxy) is 1. The van der Waals surface area contributed by atoms with Crippen molar-refractivity contribution in [1.29, 1.82) is 0 Å². The van der Waals surface area contributed by atoms with Crippen molar-refractivity contribution < 1.29 is 14.3 Å². The molecule has 0 radical (unpaired) electrons. The molecule has 0 atom stereocenters. The highest BCUT2D eigenvalue weighted by atomic mass is 16.5. The Morgan fingerprint density at radius 2 is 1.90 bits per heavy atom. The molecule has 2 aromatic heterocycles. The smallest absolute Gasteiger partial charge is 0.306 e. The predicted molar refractivity (Wildman–Crippen MR) is 112 cm³/mol. The Balaban J connectivity index is 1.31. The second-order valence-corrected chi connectivity index (χ2v) is 7.81. The van der Waals surface area contributed by atoms with Gasteiger partial charge in [-0.3, -0.25) is 9.59 Å². The molecule has 3 aromatic rings. The van der Waals surface area contributed by atoms with Gasteiger partial charge in [-0.05, 0) is 50.3 Å². The maximum absolute atomic E-state index is 12.5. The molecule has 0 N–H and O–H groups in total. The Morgan fingerprint density at radius 1 is 1.13 bits per heavy atom.